The van der Waals surface area contributed by atoms with Gasteiger partial charge in [0.25, 0.3) is 0 Å². The Labute approximate surface area is 268 Å². The number of hydrogen-bond acceptors (Lipinski definition) is 8. The van der Waals surface area contributed by atoms with Gasteiger partial charge in [0, 0.05) is 35.8 Å². The van der Waals surface area contributed by atoms with E-state index in [1.54, 1.807) is 30.3 Å². The summed E-state index contributed by atoms with van der Waals surface area (Å²) in [6, 6.07) is 11.2. The molecule has 45 heavy (non-hydrogen) atoms. The van der Waals surface area contributed by atoms with Gasteiger partial charge in [0.2, 0.25) is 5.91 Å². The highest BCUT2D eigenvalue weighted by molar-refractivity contribution is 6.32. The molecule has 10 heteroatoms. The van der Waals surface area contributed by atoms with Gasteiger partial charge in [-0.3, -0.25) is 9.78 Å². The van der Waals surface area contributed by atoms with Crippen LogP contribution < -0.4 is 25.4 Å². The van der Waals surface area contributed by atoms with Gasteiger partial charge in [-0.25, -0.2) is 0 Å². The topological polar surface area (TPSA) is 118 Å². The van der Waals surface area contributed by atoms with E-state index in [0.717, 1.165) is 44.3 Å². The summed E-state index contributed by atoms with van der Waals surface area (Å²) in [4.78, 5) is 17.7. The lowest BCUT2D eigenvalue weighted by Gasteiger charge is -2.19. The van der Waals surface area contributed by atoms with E-state index in [0.29, 0.717) is 69.9 Å². The third kappa shape index (κ3) is 8.64. The van der Waals surface area contributed by atoms with Crippen molar-refractivity contribution in [3.63, 3.8) is 0 Å². The molecule has 2 saturated heterocycles. The largest absolute Gasteiger partial charge is 0.492 e. The lowest BCUT2D eigenvalue weighted by Crippen LogP contribution is -2.24. The van der Waals surface area contributed by atoms with Crippen LogP contribution in [0.25, 0.3) is 10.9 Å². The number of hydrogen-bond donors (Lipinski definition) is 3. The molecule has 9 nitrogen and oxygen atoms in total. The first-order valence-electron chi connectivity index (χ1n) is 15.2. The van der Waals surface area contributed by atoms with Crippen molar-refractivity contribution in [3.8, 4) is 17.6 Å². The van der Waals surface area contributed by atoms with Crippen LogP contribution in [0.1, 0.15) is 45.1 Å². The maximum absolute atomic E-state index is 13.1. The van der Waals surface area contributed by atoms with E-state index >= 15 is 0 Å². The number of amides is 1. The molecule has 0 bridgehead atoms. The van der Waals surface area contributed by atoms with Crippen LogP contribution in [-0.4, -0.2) is 49.9 Å². The molecule has 234 valence electrons. The number of rotatable bonds is 11. The molecule has 1 aromatic heterocycles. The molecule has 1 atom stereocenters. The highest BCUT2D eigenvalue weighted by atomic mass is 35.5. The van der Waals surface area contributed by atoms with Gasteiger partial charge < -0.3 is 30.2 Å². The Kier molecular flexibility index (Phi) is 11.1. The zero-order chi connectivity index (χ0) is 31.6. The number of piperidine rings is 1. The summed E-state index contributed by atoms with van der Waals surface area (Å²) >= 11 is 6.59. The maximum Gasteiger partial charge on any atom is 0.248 e. The van der Waals surface area contributed by atoms with Crippen LogP contribution in [0.5, 0.6) is 11.5 Å². The number of carbonyl (C=O) groups excluding carboxylic acids is 1. The van der Waals surface area contributed by atoms with E-state index < -0.39 is 0 Å². The molecule has 0 radical (unpaired) electrons. The Hall–Kier alpha value is -4.36. The van der Waals surface area contributed by atoms with Crippen LogP contribution in [-0.2, 0) is 9.53 Å². The fourth-order valence-corrected chi connectivity index (χ4v) is 5.53. The van der Waals surface area contributed by atoms with Gasteiger partial charge in [0.1, 0.15) is 23.7 Å². The monoisotopic (exact) mass is 627 g/mol. The Morgan fingerprint density at radius 1 is 1.24 bits per heavy atom. The van der Waals surface area contributed by atoms with Crippen molar-refractivity contribution in [2.75, 3.05) is 43.5 Å². The quantitative estimate of drug-likeness (QED) is 0.116. The van der Waals surface area contributed by atoms with Crippen LogP contribution in [0.3, 0.4) is 0 Å². The minimum atomic E-state index is -0.229. The summed E-state index contributed by atoms with van der Waals surface area (Å²) < 4.78 is 17.7. The average Bonchev–Trinajstić information content (AvgIpc) is 3.54. The number of carbonyl (C=O) groups is 1. The number of nitrogens with zero attached hydrogens (tertiary/aromatic N) is 2. The number of ether oxygens (including phenoxy) is 3. The number of nitriles is 1. The molecule has 3 N–H and O–H groups in total. The second-order valence-electron chi connectivity index (χ2n) is 11.0. The summed E-state index contributed by atoms with van der Waals surface area (Å²) in [5, 5.41) is 20.8. The average molecular weight is 628 g/mol. The molecule has 3 aromatic rings. The molecule has 2 aliphatic heterocycles. The van der Waals surface area contributed by atoms with E-state index in [1.165, 1.54) is 11.8 Å². The Balaban J connectivity index is 1.43. The zero-order valence-corrected chi connectivity index (χ0v) is 26.4. The van der Waals surface area contributed by atoms with Crippen molar-refractivity contribution in [1.29, 1.82) is 5.26 Å². The third-order valence-corrected chi connectivity index (χ3v) is 7.88. The standard InChI is InChI=1S/C35H38ClN5O4/c1-3-5-23(2)6-4-14-44-32-8-7-26(17-29(32)36)40-35-25(20-37)21-39-30-19-33(45-27-11-15-43-22-27)31(18-28(30)35)41-34(42)16-24-9-12-38-13-10-24/h3,5-8,16-19,21,27,38H,4,9-15,22H2,1-2H3,(H,39,40)(H,41,42)/b5-3-,23-6-. The van der Waals surface area contributed by atoms with Gasteiger partial charge in [-0.05, 0) is 70.5 Å². The maximum atomic E-state index is 13.1. The molecule has 0 spiro atoms. The van der Waals surface area contributed by atoms with Crippen molar-refractivity contribution in [2.45, 2.75) is 45.6 Å². The molecule has 0 saturated carbocycles. The molecule has 5 rings (SSSR count). The lowest BCUT2D eigenvalue weighted by molar-refractivity contribution is -0.112. The van der Waals surface area contributed by atoms with Crippen molar-refractivity contribution < 1.29 is 19.0 Å². The minimum absolute atomic E-state index is 0.132. The van der Waals surface area contributed by atoms with Gasteiger partial charge in [-0.15, -0.1) is 0 Å². The first-order valence-corrected chi connectivity index (χ1v) is 15.6. The number of benzene rings is 2. The number of fused-ring (bicyclic) bond motifs is 1. The van der Waals surface area contributed by atoms with Crippen LogP contribution in [0.2, 0.25) is 5.02 Å². The molecule has 2 aliphatic rings. The fraction of sp³-hybridized carbons (Fsp3) is 0.343. The van der Waals surface area contributed by atoms with Crippen LogP contribution in [0.15, 0.2) is 72.0 Å². The van der Waals surface area contributed by atoms with Gasteiger partial charge >= 0.3 is 0 Å². The summed E-state index contributed by atoms with van der Waals surface area (Å²) in [5.74, 6) is 0.844. The molecule has 2 aromatic carbocycles. The third-order valence-electron chi connectivity index (χ3n) is 7.58. The van der Waals surface area contributed by atoms with E-state index in [9.17, 15) is 10.1 Å². The Morgan fingerprint density at radius 3 is 2.82 bits per heavy atom. The van der Waals surface area contributed by atoms with Crippen LogP contribution in [0, 0.1) is 11.3 Å². The summed E-state index contributed by atoms with van der Waals surface area (Å²) in [6.45, 7) is 7.34. The minimum Gasteiger partial charge on any atom is -0.492 e. The Bertz CT molecular complexity index is 1660. The fourth-order valence-electron chi connectivity index (χ4n) is 5.29. The highest BCUT2D eigenvalue weighted by Gasteiger charge is 2.22. The molecule has 1 amide bonds. The summed E-state index contributed by atoms with van der Waals surface area (Å²) in [6.07, 6.45) is 12.4. The predicted molar refractivity (Wildman–Crippen MR) is 179 cm³/mol. The number of halogens is 1. The van der Waals surface area contributed by atoms with Gasteiger partial charge in [0.15, 0.2) is 0 Å². The van der Waals surface area contributed by atoms with E-state index in [2.05, 4.69) is 33.1 Å². The first kappa shape index (κ1) is 32.0. The summed E-state index contributed by atoms with van der Waals surface area (Å²) in [7, 11) is 0. The van der Waals surface area contributed by atoms with Gasteiger partial charge in [-0.2, -0.15) is 5.26 Å². The number of aromatic nitrogens is 1. The van der Waals surface area contributed by atoms with E-state index in [4.69, 9.17) is 25.8 Å². The first-order chi connectivity index (χ1) is 21.9. The molecule has 1 unspecified atom stereocenters. The number of allylic oxidation sites excluding steroid dienone is 3. The Morgan fingerprint density at radius 2 is 2.09 bits per heavy atom. The zero-order valence-electron chi connectivity index (χ0n) is 25.6. The van der Waals surface area contributed by atoms with Crippen molar-refractivity contribution in [3.05, 3.63) is 82.6 Å². The van der Waals surface area contributed by atoms with Gasteiger partial charge in [0.05, 0.1) is 47.3 Å². The smallest absolute Gasteiger partial charge is 0.248 e. The molecule has 0 aliphatic carbocycles. The number of anilines is 3. The van der Waals surface area contributed by atoms with Crippen LogP contribution >= 0.6 is 11.6 Å². The van der Waals surface area contributed by atoms with E-state index in [-0.39, 0.29) is 12.0 Å². The van der Waals surface area contributed by atoms with Crippen molar-refractivity contribution >= 4 is 45.5 Å². The predicted octanol–water partition coefficient (Wildman–Crippen LogP) is 7.21. The number of nitrogens with one attached hydrogen (secondary N) is 3. The number of pyridine rings is 1. The lowest BCUT2D eigenvalue weighted by atomic mass is 10.0. The molecule has 3 heterocycles. The second kappa shape index (κ2) is 15.6. The molecule has 2 fully saturated rings. The van der Waals surface area contributed by atoms with E-state index in [1.807, 2.05) is 32.1 Å². The van der Waals surface area contributed by atoms with Crippen molar-refractivity contribution in [2.24, 2.45) is 0 Å². The second-order valence-corrected chi connectivity index (χ2v) is 11.4. The normalized spacial score (nSPS) is 16.9. The van der Waals surface area contributed by atoms with Gasteiger partial charge in [-0.1, -0.05) is 41.0 Å². The molecular weight excluding hydrogens is 590 g/mol. The SMILES string of the molecule is C/C=C\C(C)=C/CCOc1ccc(Nc2c(C#N)cnc3cc(OC4CCOC4)c(NC(=O)C=C4CCNCC4)cc23)cc1Cl. The summed E-state index contributed by atoms with van der Waals surface area (Å²) in [5.41, 5.74) is 4.92. The molecular formula is C35H38ClN5O4. The highest BCUT2D eigenvalue weighted by Crippen LogP contribution is 2.38. The van der Waals surface area contributed by atoms with Crippen LogP contribution in [0.4, 0.5) is 17.1 Å². The van der Waals surface area contributed by atoms with Crippen molar-refractivity contribution in [1.82, 2.24) is 10.3 Å².